The highest BCUT2D eigenvalue weighted by Crippen LogP contribution is 2.48. The van der Waals surface area contributed by atoms with E-state index in [0.717, 1.165) is 12.0 Å². The van der Waals surface area contributed by atoms with Crippen LogP contribution in [0.3, 0.4) is 0 Å². The van der Waals surface area contributed by atoms with Crippen molar-refractivity contribution < 1.29 is 9.59 Å². The lowest BCUT2D eigenvalue weighted by atomic mass is 9.82. The Morgan fingerprint density at radius 2 is 2.05 bits per heavy atom. The molecular formula is C18H16N2O2. The Bertz CT molecular complexity index is 761. The monoisotopic (exact) mass is 292 g/mol. The summed E-state index contributed by atoms with van der Waals surface area (Å²) in [4.78, 5) is 26.9. The maximum Gasteiger partial charge on any atom is 0.261 e. The van der Waals surface area contributed by atoms with Crippen molar-refractivity contribution in [3.63, 3.8) is 0 Å². The van der Waals surface area contributed by atoms with Crippen molar-refractivity contribution in [3.8, 4) is 0 Å². The summed E-state index contributed by atoms with van der Waals surface area (Å²) in [6.45, 7) is 0. The lowest BCUT2D eigenvalue weighted by Crippen LogP contribution is -2.44. The molecule has 0 unspecified atom stereocenters. The summed E-state index contributed by atoms with van der Waals surface area (Å²) in [7, 11) is 1.77. The van der Waals surface area contributed by atoms with Crippen molar-refractivity contribution in [3.05, 3.63) is 65.8 Å². The van der Waals surface area contributed by atoms with Crippen molar-refractivity contribution in [2.45, 2.75) is 12.0 Å². The topological polar surface area (TPSA) is 49.4 Å². The fraction of sp³-hybridized carbons (Fsp3) is 0.222. The second kappa shape index (κ2) is 4.44. The van der Waals surface area contributed by atoms with Gasteiger partial charge < -0.3 is 10.2 Å². The van der Waals surface area contributed by atoms with Crippen LogP contribution in [-0.2, 0) is 9.59 Å². The number of anilines is 1. The van der Waals surface area contributed by atoms with E-state index < -0.39 is 5.54 Å². The Hall–Kier alpha value is -2.62. The van der Waals surface area contributed by atoms with Crippen LogP contribution in [-0.4, -0.2) is 29.3 Å². The van der Waals surface area contributed by atoms with Gasteiger partial charge >= 0.3 is 0 Å². The minimum Gasteiger partial charge on any atom is -0.328 e. The molecule has 4 rings (SSSR count). The third-order valence-electron chi connectivity index (χ3n) is 4.79. The molecule has 2 bridgehead atoms. The lowest BCUT2D eigenvalue weighted by Gasteiger charge is -2.35. The summed E-state index contributed by atoms with van der Waals surface area (Å²) in [5, 5.41) is 2.82. The molecule has 0 saturated carbocycles. The summed E-state index contributed by atoms with van der Waals surface area (Å²) < 4.78 is 0. The first-order chi connectivity index (χ1) is 10.6. The Morgan fingerprint density at radius 3 is 2.82 bits per heavy atom. The Labute approximate surface area is 128 Å². The Kier molecular flexibility index (Phi) is 2.64. The standard InChI is InChI=1S/C18H16N2O2/c1-20-17(22)15(16(21)19-13-5-3-2-4-6-13)14-8-7-12-9-10-18(14,20)11-12/h2-10,12H,11H2,1H3,(H,19,21)/t12-,18-/m1/s1. The first kappa shape index (κ1) is 13.1. The number of likely N-dealkylation sites (N-methyl/N-ethyl adjacent to an activating group) is 1. The van der Waals surface area contributed by atoms with Gasteiger partial charge in [-0.05, 0) is 30.0 Å². The molecule has 4 heteroatoms. The van der Waals surface area contributed by atoms with Gasteiger partial charge in [-0.25, -0.2) is 0 Å². The number of carbonyl (C=O) groups is 2. The molecule has 0 fully saturated rings. The molecule has 0 radical (unpaired) electrons. The fourth-order valence-electron chi connectivity index (χ4n) is 3.60. The van der Waals surface area contributed by atoms with Crippen LogP contribution >= 0.6 is 0 Å². The fourth-order valence-corrected chi connectivity index (χ4v) is 3.60. The van der Waals surface area contributed by atoms with E-state index in [9.17, 15) is 9.59 Å². The van der Waals surface area contributed by atoms with Gasteiger partial charge in [-0.15, -0.1) is 0 Å². The molecule has 0 saturated heterocycles. The lowest BCUT2D eigenvalue weighted by molar-refractivity contribution is -0.128. The van der Waals surface area contributed by atoms with E-state index in [-0.39, 0.29) is 17.4 Å². The van der Waals surface area contributed by atoms with Crippen LogP contribution in [0.2, 0.25) is 0 Å². The van der Waals surface area contributed by atoms with E-state index in [1.54, 1.807) is 11.9 Å². The van der Waals surface area contributed by atoms with Crippen LogP contribution < -0.4 is 5.32 Å². The van der Waals surface area contributed by atoms with Crippen LogP contribution in [0, 0.1) is 5.92 Å². The van der Waals surface area contributed by atoms with Crippen molar-refractivity contribution in [2.75, 3.05) is 12.4 Å². The molecule has 1 aromatic rings. The SMILES string of the molecule is CN1C(=O)C(C(=O)Nc2ccccc2)=C2C=C[C@@H]3C=C[C@@]21C3. The zero-order valence-electron chi connectivity index (χ0n) is 12.2. The largest absolute Gasteiger partial charge is 0.328 e. The second-order valence-electron chi connectivity index (χ2n) is 5.98. The van der Waals surface area contributed by atoms with Crippen molar-refractivity contribution in [2.24, 2.45) is 5.92 Å². The van der Waals surface area contributed by atoms with Crippen LogP contribution in [0.5, 0.6) is 0 Å². The quantitative estimate of drug-likeness (QED) is 0.671. The molecule has 1 N–H and O–H groups in total. The van der Waals surface area contributed by atoms with Crippen molar-refractivity contribution in [1.29, 1.82) is 0 Å². The predicted molar refractivity (Wildman–Crippen MR) is 84.0 cm³/mol. The minimum absolute atomic E-state index is 0.208. The average Bonchev–Trinajstić information content (AvgIpc) is 2.98. The number of benzene rings is 1. The van der Waals surface area contributed by atoms with E-state index in [4.69, 9.17) is 0 Å². The van der Waals surface area contributed by atoms with E-state index in [1.807, 2.05) is 36.4 Å². The number of rotatable bonds is 2. The van der Waals surface area contributed by atoms with Gasteiger partial charge in [0.2, 0.25) is 0 Å². The highest BCUT2D eigenvalue weighted by atomic mass is 16.2. The van der Waals surface area contributed by atoms with Crippen LogP contribution in [0.25, 0.3) is 0 Å². The highest BCUT2D eigenvalue weighted by molar-refractivity contribution is 6.25. The van der Waals surface area contributed by atoms with Crippen molar-refractivity contribution >= 4 is 17.5 Å². The molecule has 2 amide bonds. The molecule has 0 aromatic heterocycles. The summed E-state index contributed by atoms with van der Waals surface area (Å²) in [6.07, 6.45) is 9.02. The number of fused-ring (bicyclic) bond motifs is 1. The maximum absolute atomic E-state index is 12.6. The Balaban J connectivity index is 1.75. The Morgan fingerprint density at radius 1 is 1.27 bits per heavy atom. The number of hydrogen-bond donors (Lipinski definition) is 1. The van der Waals surface area contributed by atoms with Crippen molar-refractivity contribution in [1.82, 2.24) is 4.90 Å². The molecule has 1 spiro atoms. The zero-order chi connectivity index (χ0) is 15.3. The minimum atomic E-state index is -0.431. The normalized spacial score (nSPS) is 28.3. The summed E-state index contributed by atoms with van der Waals surface area (Å²) in [5.74, 6) is -0.186. The van der Waals surface area contributed by atoms with E-state index in [1.165, 1.54) is 0 Å². The number of allylic oxidation sites excluding steroid dienone is 2. The molecular weight excluding hydrogens is 276 g/mol. The number of nitrogens with one attached hydrogen (secondary N) is 1. The molecule has 2 atom stereocenters. The van der Waals surface area contributed by atoms with Crippen LogP contribution in [0.15, 0.2) is 65.8 Å². The van der Waals surface area contributed by atoms with Gasteiger partial charge in [-0.1, -0.05) is 42.5 Å². The third kappa shape index (κ3) is 1.64. The maximum atomic E-state index is 12.6. The van der Waals surface area contributed by atoms with E-state index in [2.05, 4.69) is 23.5 Å². The number of nitrogens with zero attached hydrogens (tertiary/aromatic N) is 1. The molecule has 4 nitrogen and oxygen atoms in total. The van der Waals surface area contributed by atoms with Crippen LogP contribution in [0.1, 0.15) is 6.42 Å². The predicted octanol–water partition coefficient (Wildman–Crippen LogP) is 2.28. The van der Waals surface area contributed by atoms with Gasteiger partial charge in [0.25, 0.3) is 11.8 Å². The van der Waals surface area contributed by atoms with Gasteiger partial charge in [0.1, 0.15) is 5.57 Å². The molecule has 1 aromatic carbocycles. The summed E-state index contributed by atoms with van der Waals surface area (Å²) in [5.41, 5.74) is 1.34. The summed E-state index contributed by atoms with van der Waals surface area (Å²) in [6, 6.07) is 9.20. The van der Waals surface area contributed by atoms with Gasteiger partial charge in [-0.2, -0.15) is 0 Å². The van der Waals surface area contributed by atoms with Gasteiger partial charge in [0.05, 0.1) is 5.54 Å². The molecule has 2 aliphatic carbocycles. The third-order valence-corrected chi connectivity index (χ3v) is 4.79. The first-order valence-corrected chi connectivity index (χ1v) is 7.39. The van der Waals surface area contributed by atoms with E-state index in [0.29, 0.717) is 11.6 Å². The number of amides is 2. The smallest absolute Gasteiger partial charge is 0.261 e. The second-order valence-corrected chi connectivity index (χ2v) is 5.98. The first-order valence-electron chi connectivity index (χ1n) is 7.39. The van der Waals surface area contributed by atoms with Gasteiger partial charge in [0.15, 0.2) is 0 Å². The van der Waals surface area contributed by atoms with Gasteiger partial charge in [-0.3, -0.25) is 9.59 Å². The summed E-state index contributed by atoms with van der Waals surface area (Å²) >= 11 is 0. The molecule has 1 aliphatic heterocycles. The average molecular weight is 292 g/mol. The molecule has 3 aliphatic rings. The number of carbonyl (C=O) groups excluding carboxylic acids is 2. The number of para-hydroxylation sites is 1. The highest BCUT2D eigenvalue weighted by Gasteiger charge is 2.53. The molecule has 1 heterocycles. The van der Waals surface area contributed by atoms with Gasteiger partial charge in [0, 0.05) is 12.7 Å². The number of hydrogen-bond acceptors (Lipinski definition) is 2. The van der Waals surface area contributed by atoms with E-state index >= 15 is 0 Å². The molecule has 22 heavy (non-hydrogen) atoms. The van der Waals surface area contributed by atoms with Crippen LogP contribution in [0.4, 0.5) is 5.69 Å². The molecule has 110 valence electrons. The zero-order valence-corrected chi connectivity index (χ0v) is 12.2.